The van der Waals surface area contributed by atoms with Gasteiger partial charge in [-0.05, 0) is 24.6 Å². The average Bonchev–Trinajstić information content (AvgIpc) is 2.94. The van der Waals surface area contributed by atoms with Crippen molar-refractivity contribution in [2.24, 2.45) is 0 Å². The van der Waals surface area contributed by atoms with E-state index >= 15 is 0 Å². The van der Waals surface area contributed by atoms with E-state index in [9.17, 15) is 0 Å². The Morgan fingerprint density at radius 3 is 3.00 bits per heavy atom. The van der Waals surface area contributed by atoms with Crippen LogP contribution in [-0.2, 0) is 6.54 Å². The van der Waals surface area contributed by atoms with Gasteiger partial charge >= 0.3 is 0 Å². The number of thiophene rings is 1. The van der Waals surface area contributed by atoms with Crippen LogP contribution in [0.5, 0.6) is 0 Å². The molecule has 2 nitrogen and oxygen atoms in total. The zero-order chi connectivity index (χ0) is 11.2. The molecule has 0 atom stereocenters. The number of hydrogen-bond donors (Lipinski definition) is 0. The Hall–Kier alpha value is -1.09. The lowest BCUT2D eigenvalue weighted by Gasteiger charge is -2.05. The van der Waals surface area contributed by atoms with Crippen molar-refractivity contribution >= 4 is 11.3 Å². The highest BCUT2D eigenvalue weighted by Crippen LogP contribution is 2.23. The second-order valence-electron chi connectivity index (χ2n) is 3.92. The van der Waals surface area contributed by atoms with E-state index in [4.69, 9.17) is 0 Å². The number of nitrogens with zero attached hydrogens (tertiary/aromatic N) is 2. The molecule has 2 aromatic rings. The van der Waals surface area contributed by atoms with Crippen molar-refractivity contribution in [3.05, 3.63) is 29.8 Å². The number of aryl methyl sites for hydroxylation is 1. The summed E-state index contributed by atoms with van der Waals surface area (Å²) in [5.41, 5.74) is 1.22. The lowest BCUT2D eigenvalue weighted by Crippen LogP contribution is -2.01. The van der Waals surface area contributed by atoms with Gasteiger partial charge in [-0.25, -0.2) is 0 Å². The van der Waals surface area contributed by atoms with Gasteiger partial charge in [0.25, 0.3) is 0 Å². The van der Waals surface area contributed by atoms with Crippen molar-refractivity contribution < 1.29 is 0 Å². The van der Waals surface area contributed by atoms with Gasteiger partial charge in [0, 0.05) is 18.1 Å². The van der Waals surface area contributed by atoms with Crippen LogP contribution >= 0.6 is 11.3 Å². The van der Waals surface area contributed by atoms with Crippen LogP contribution in [0.25, 0.3) is 10.6 Å². The molecular formula is C13H17N2S. The van der Waals surface area contributed by atoms with Crippen LogP contribution in [0.15, 0.2) is 24.4 Å². The van der Waals surface area contributed by atoms with Crippen molar-refractivity contribution in [2.75, 3.05) is 0 Å². The monoisotopic (exact) mass is 233 g/mol. The molecule has 16 heavy (non-hydrogen) atoms. The first-order valence-electron chi connectivity index (χ1n) is 5.90. The van der Waals surface area contributed by atoms with Gasteiger partial charge in [-0.3, -0.25) is 4.68 Å². The third-order valence-electron chi connectivity index (χ3n) is 2.66. The van der Waals surface area contributed by atoms with Crippen LogP contribution in [0.4, 0.5) is 0 Å². The Labute approximate surface area is 101 Å². The van der Waals surface area contributed by atoms with E-state index in [1.165, 1.54) is 36.3 Å². The molecule has 0 bridgehead atoms. The van der Waals surface area contributed by atoms with E-state index in [0.29, 0.717) is 0 Å². The summed E-state index contributed by atoms with van der Waals surface area (Å²) in [6.07, 6.45) is 7.01. The number of unbranched alkanes of at least 4 members (excludes halogenated alkanes) is 3. The Morgan fingerprint density at radius 1 is 1.31 bits per heavy atom. The van der Waals surface area contributed by atoms with Gasteiger partial charge in [-0.2, -0.15) is 5.10 Å². The van der Waals surface area contributed by atoms with E-state index in [1.54, 1.807) is 11.3 Å². The van der Waals surface area contributed by atoms with Gasteiger partial charge < -0.3 is 0 Å². The first-order valence-corrected chi connectivity index (χ1v) is 6.71. The molecule has 0 unspecified atom stereocenters. The maximum absolute atomic E-state index is 4.38. The van der Waals surface area contributed by atoms with Gasteiger partial charge in [-0.15, -0.1) is 11.3 Å². The normalized spacial score (nSPS) is 10.8. The average molecular weight is 233 g/mol. The predicted octanol–water partition coefficient (Wildman–Crippen LogP) is 3.99. The minimum Gasteiger partial charge on any atom is -0.264 e. The van der Waals surface area contributed by atoms with Crippen LogP contribution in [-0.4, -0.2) is 9.78 Å². The largest absolute Gasteiger partial charge is 0.264 e. The molecule has 0 N–H and O–H groups in total. The molecular weight excluding hydrogens is 216 g/mol. The fourth-order valence-corrected chi connectivity index (χ4v) is 2.46. The summed E-state index contributed by atoms with van der Waals surface area (Å²) in [6, 6.07) is 6.15. The maximum Gasteiger partial charge on any atom is 0.0782 e. The molecule has 1 radical (unpaired) electrons. The summed E-state index contributed by atoms with van der Waals surface area (Å²) < 4.78 is 2.11. The van der Waals surface area contributed by atoms with E-state index < -0.39 is 0 Å². The molecule has 3 heteroatoms. The number of rotatable bonds is 6. The van der Waals surface area contributed by atoms with Crippen molar-refractivity contribution in [2.45, 2.75) is 39.2 Å². The molecule has 0 aliphatic heterocycles. The fourth-order valence-electron chi connectivity index (χ4n) is 1.79. The molecule has 0 saturated carbocycles. The molecule has 2 rings (SSSR count). The van der Waals surface area contributed by atoms with Crippen LogP contribution < -0.4 is 0 Å². The zero-order valence-electron chi connectivity index (χ0n) is 9.65. The highest BCUT2D eigenvalue weighted by molar-refractivity contribution is 7.13. The topological polar surface area (TPSA) is 17.8 Å². The molecule has 0 fully saturated rings. The molecule has 0 aromatic carbocycles. The van der Waals surface area contributed by atoms with E-state index in [2.05, 4.69) is 34.2 Å². The minimum absolute atomic E-state index is 1.03. The lowest BCUT2D eigenvalue weighted by molar-refractivity contribution is 0.546. The molecule has 0 aliphatic carbocycles. The van der Waals surface area contributed by atoms with Crippen LogP contribution in [0.1, 0.15) is 32.6 Å². The minimum atomic E-state index is 1.03. The summed E-state index contributed by atoms with van der Waals surface area (Å²) in [7, 11) is 0. The zero-order valence-corrected chi connectivity index (χ0v) is 10.5. The van der Waals surface area contributed by atoms with Gasteiger partial charge in [0.05, 0.1) is 10.6 Å². The molecule has 0 saturated heterocycles. The first-order chi connectivity index (χ1) is 7.92. The quantitative estimate of drug-likeness (QED) is 0.690. The second-order valence-corrected chi connectivity index (χ2v) is 4.80. The molecule has 2 aromatic heterocycles. The van der Waals surface area contributed by atoms with Crippen molar-refractivity contribution in [3.63, 3.8) is 0 Å². The molecule has 0 amide bonds. The van der Waals surface area contributed by atoms with Crippen molar-refractivity contribution in [1.82, 2.24) is 9.78 Å². The Balaban J connectivity index is 1.97. The third-order valence-corrected chi connectivity index (χ3v) is 3.48. The third kappa shape index (κ3) is 2.73. The predicted molar refractivity (Wildman–Crippen MR) is 68.5 cm³/mol. The standard InChI is InChI=1S/C13H17N2S/c1-2-3-4-5-10-15-12(8-9-14-15)13-7-6-11-16-13/h6-9H,2-5,10H2,1H3. The highest BCUT2D eigenvalue weighted by atomic mass is 32.1. The summed E-state index contributed by atoms with van der Waals surface area (Å²) >= 11 is 1.65. The van der Waals surface area contributed by atoms with Gasteiger partial charge in [0.2, 0.25) is 0 Å². The Morgan fingerprint density at radius 2 is 2.25 bits per heavy atom. The highest BCUT2D eigenvalue weighted by Gasteiger charge is 2.05. The van der Waals surface area contributed by atoms with Gasteiger partial charge in [-0.1, -0.05) is 26.2 Å². The van der Waals surface area contributed by atoms with Gasteiger partial charge in [0.1, 0.15) is 0 Å². The Kier molecular flexibility index (Phi) is 4.17. The molecule has 85 valence electrons. The van der Waals surface area contributed by atoms with Crippen molar-refractivity contribution in [3.8, 4) is 10.6 Å². The maximum atomic E-state index is 4.38. The number of hydrogen-bond acceptors (Lipinski definition) is 2. The summed E-state index contributed by atoms with van der Waals surface area (Å²) in [6.45, 7) is 3.26. The Bertz CT molecular complexity index is 403. The second kappa shape index (κ2) is 5.85. The van der Waals surface area contributed by atoms with E-state index in [-0.39, 0.29) is 0 Å². The molecule has 0 aliphatic rings. The first kappa shape index (κ1) is 11.4. The van der Waals surface area contributed by atoms with Crippen LogP contribution in [0.2, 0.25) is 0 Å². The molecule has 2 heterocycles. The smallest absolute Gasteiger partial charge is 0.0782 e. The summed E-state index contributed by atoms with van der Waals surface area (Å²) in [5, 5.41) is 7.50. The molecule has 0 spiro atoms. The summed E-state index contributed by atoms with van der Waals surface area (Å²) in [5.74, 6) is 0. The van der Waals surface area contributed by atoms with Crippen LogP contribution in [0, 0.1) is 5.38 Å². The summed E-state index contributed by atoms with van der Waals surface area (Å²) in [4.78, 5) is 1.26. The lowest BCUT2D eigenvalue weighted by atomic mass is 10.2. The van der Waals surface area contributed by atoms with Crippen LogP contribution in [0.3, 0.4) is 0 Å². The van der Waals surface area contributed by atoms with Crippen molar-refractivity contribution in [1.29, 1.82) is 0 Å². The SMILES string of the molecule is CCCCCCn1nccc1-c1cc[c]s1. The van der Waals surface area contributed by atoms with E-state index in [1.807, 2.05) is 12.3 Å². The van der Waals surface area contributed by atoms with E-state index in [0.717, 1.165) is 6.54 Å². The fraction of sp³-hybridized carbons (Fsp3) is 0.462. The van der Waals surface area contributed by atoms with Gasteiger partial charge in [0.15, 0.2) is 0 Å². The number of aromatic nitrogens is 2.